The summed E-state index contributed by atoms with van der Waals surface area (Å²) < 4.78 is 13.5. The normalized spacial score (nSPS) is 16.5. The van der Waals surface area contributed by atoms with Gasteiger partial charge in [0.15, 0.2) is 0 Å². The number of rotatable bonds is 4. The van der Waals surface area contributed by atoms with Crippen molar-refractivity contribution in [2.45, 2.75) is 31.7 Å². The largest absolute Gasteiger partial charge is 0.352 e. The van der Waals surface area contributed by atoms with Crippen molar-refractivity contribution in [1.82, 2.24) is 5.32 Å². The SMILES string of the molecule is O=C(C[C@@H]1CCc2ccccc21)NCc1ccccc1F. The van der Waals surface area contributed by atoms with Crippen LogP contribution in [0.25, 0.3) is 0 Å². The van der Waals surface area contributed by atoms with Gasteiger partial charge in [-0.15, -0.1) is 0 Å². The van der Waals surface area contributed by atoms with E-state index in [9.17, 15) is 9.18 Å². The molecule has 1 aliphatic rings. The van der Waals surface area contributed by atoms with E-state index in [0.717, 1.165) is 12.8 Å². The van der Waals surface area contributed by atoms with Crippen LogP contribution in [-0.2, 0) is 17.8 Å². The Morgan fingerprint density at radius 3 is 2.76 bits per heavy atom. The Morgan fingerprint density at radius 2 is 1.90 bits per heavy atom. The molecule has 3 rings (SSSR count). The Labute approximate surface area is 124 Å². The third-order valence-electron chi connectivity index (χ3n) is 4.12. The maximum Gasteiger partial charge on any atom is 0.220 e. The van der Waals surface area contributed by atoms with Gasteiger partial charge < -0.3 is 5.32 Å². The van der Waals surface area contributed by atoms with E-state index in [-0.39, 0.29) is 18.3 Å². The summed E-state index contributed by atoms with van der Waals surface area (Å²) in [6.07, 6.45) is 2.54. The van der Waals surface area contributed by atoms with Gasteiger partial charge in [-0.05, 0) is 36.0 Å². The van der Waals surface area contributed by atoms with Gasteiger partial charge in [0.1, 0.15) is 5.82 Å². The molecule has 0 fully saturated rings. The van der Waals surface area contributed by atoms with Crippen LogP contribution in [0, 0.1) is 5.82 Å². The molecule has 0 aliphatic heterocycles. The maximum atomic E-state index is 13.5. The van der Waals surface area contributed by atoms with Crippen LogP contribution in [-0.4, -0.2) is 5.91 Å². The Morgan fingerprint density at radius 1 is 1.14 bits per heavy atom. The van der Waals surface area contributed by atoms with E-state index in [1.807, 2.05) is 12.1 Å². The first kappa shape index (κ1) is 13.8. The molecule has 1 aliphatic carbocycles. The summed E-state index contributed by atoms with van der Waals surface area (Å²) >= 11 is 0. The van der Waals surface area contributed by atoms with Crippen LogP contribution in [0.5, 0.6) is 0 Å². The number of hydrogen-bond acceptors (Lipinski definition) is 1. The van der Waals surface area contributed by atoms with Crippen molar-refractivity contribution in [2.75, 3.05) is 0 Å². The van der Waals surface area contributed by atoms with E-state index in [2.05, 4.69) is 17.4 Å². The fraction of sp³-hybridized carbons (Fsp3) is 0.278. The van der Waals surface area contributed by atoms with Gasteiger partial charge in [-0.25, -0.2) is 4.39 Å². The Balaban J connectivity index is 1.57. The fourth-order valence-corrected chi connectivity index (χ4v) is 2.99. The summed E-state index contributed by atoms with van der Waals surface area (Å²) in [5, 5.41) is 2.82. The molecule has 2 aromatic rings. The second-order valence-electron chi connectivity index (χ2n) is 5.51. The lowest BCUT2D eigenvalue weighted by atomic mass is 9.97. The summed E-state index contributed by atoms with van der Waals surface area (Å²) in [5.74, 6) is 0.00536. The standard InChI is InChI=1S/C18H18FNO/c19-17-8-4-2-6-15(17)12-20-18(21)11-14-10-9-13-5-1-3-7-16(13)14/h1-8,14H,9-12H2,(H,20,21)/t14-/m0/s1. The highest BCUT2D eigenvalue weighted by Gasteiger charge is 2.24. The van der Waals surface area contributed by atoms with Crippen molar-refractivity contribution in [1.29, 1.82) is 0 Å². The summed E-state index contributed by atoms with van der Waals surface area (Å²) in [4.78, 5) is 12.1. The molecular weight excluding hydrogens is 265 g/mol. The minimum Gasteiger partial charge on any atom is -0.352 e. The average Bonchev–Trinajstić information content (AvgIpc) is 2.90. The van der Waals surface area contributed by atoms with E-state index in [1.54, 1.807) is 18.2 Å². The van der Waals surface area contributed by atoms with Crippen LogP contribution < -0.4 is 5.32 Å². The zero-order chi connectivity index (χ0) is 14.7. The molecule has 1 amide bonds. The van der Waals surface area contributed by atoms with Crippen molar-refractivity contribution >= 4 is 5.91 Å². The molecule has 0 bridgehead atoms. The number of carbonyl (C=O) groups excluding carboxylic acids is 1. The molecule has 0 heterocycles. The van der Waals surface area contributed by atoms with Crippen molar-refractivity contribution in [3.8, 4) is 0 Å². The third-order valence-corrected chi connectivity index (χ3v) is 4.12. The third kappa shape index (κ3) is 3.13. The summed E-state index contributed by atoms with van der Waals surface area (Å²) in [6.45, 7) is 0.250. The second-order valence-corrected chi connectivity index (χ2v) is 5.51. The van der Waals surface area contributed by atoms with Gasteiger partial charge in [-0.2, -0.15) is 0 Å². The average molecular weight is 283 g/mol. The molecule has 2 aromatic carbocycles. The monoisotopic (exact) mass is 283 g/mol. The Kier molecular flexibility index (Phi) is 4.00. The van der Waals surface area contributed by atoms with Gasteiger partial charge in [-0.1, -0.05) is 42.5 Å². The van der Waals surface area contributed by atoms with Crippen LogP contribution in [0.3, 0.4) is 0 Å². The molecule has 0 aromatic heterocycles. The topological polar surface area (TPSA) is 29.1 Å². The highest BCUT2D eigenvalue weighted by molar-refractivity contribution is 5.77. The first-order valence-electron chi connectivity index (χ1n) is 7.32. The number of amides is 1. The number of nitrogens with one attached hydrogen (secondary N) is 1. The molecule has 0 saturated carbocycles. The summed E-state index contributed by atoms with van der Waals surface area (Å²) in [5.41, 5.74) is 3.17. The summed E-state index contributed by atoms with van der Waals surface area (Å²) in [6, 6.07) is 14.8. The number of carbonyl (C=O) groups is 1. The Hall–Kier alpha value is -2.16. The molecule has 0 saturated heterocycles. The quantitative estimate of drug-likeness (QED) is 0.913. The molecule has 21 heavy (non-hydrogen) atoms. The van der Waals surface area contributed by atoms with E-state index >= 15 is 0 Å². The predicted molar refractivity (Wildman–Crippen MR) is 80.4 cm³/mol. The highest BCUT2D eigenvalue weighted by atomic mass is 19.1. The van der Waals surface area contributed by atoms with Crippen molar-refractivity contribution in [2.24, 2.45) is 0 Å². The number of aryl methyl sites for hydroxylation is 1. The van der Waals surface area contributed by atoms with Gasteiger partial charge in [-0.3, -0.25) is 4.79 Å². The second kappa shape index (κ2) is 6.08. The number of halogens is 1. The van der Waals surface area contributed by atoms with E-state index in [4.69, 9.17) is 0 Å². The first-order valence-corrected chi connectivity index (χ1v) is 7.32. The summed E-state index contributed by atoms with van der Waals surface area (Å²) in [7, 11) is 0. The minimum absolute atomic E-state index is 0.0139. The molecule has 3 heteroatoms. The molecule has 2 nitrogen and oxygen atoms in total. The van der Waals surface area contributed by atoms with Crippen LogP contribution in [0.4, 0.5) is 4.39 Å². The highest BCUT2D eigenvalue weighted by Crippen LogP contribution is 2.35. The smallest absolute Gasteiger partial charge is 0.220 e. The lowest BCUT2D eigenvalue weighted by Crippen LogP contribution is -2.24. The maximum absolute atomic E-state index is 13.5. The van der Waals surface area contributed by atoms with Crippen molar-refractivity contribution < 1.29 is 9.18 Å². The van der Waals surface area contributed by atoms with Gasteiger partial charge in [0.05, 0.1) is 0 Å². The lowest BCUT2D eigenvalue weighted by Gasteiger charge is -2.12. The molecule has 0 radical (unpaired) electrons. The van der Waals surface area contributed by atoms with Gasteiger partial charge in [0.25, 0.3) is 0 Å². The van der Waals surface area contributed by atoms with Crippen LogP contribution >= 0.6 is 0 Å². The number of fused-ring (bicyclic) bond motifs is 1. The molecule has 0 unspecified atom stereocenters. The van der Waals surface area contributed by atoms with E-state index < -0.39 is 0 Å². The molecular formula is C18H18FNO. The Bertz CT molecular complexity index is 653. The lowest BCUT2D eigenvalue weighted by molar-refractivity contribution is -0.121. The zero-order valence-corrected chi connectivity index (χ0v) is 11.8. The molecule has 108 valence electrons. The van der Waals surface area contributed by atoms with Crippen LogP contribution in [0.15, 0.2) is 48.5 Å². The molecule has 1 N–H and O–H groups in total. The molecule has 1 atom stereocenters. The van der Waals surface area contributed by atoms with Crippen LogP contribution in [0.2, 0.25) is 0 Å². The first-order chi connectivity index (χ1) is 10.2. The van der Waals surface area contributed by atoms with E-state index in [1.165, 1.54) is 17.2 Å². The van der Waals surface area contributed by atoms with Gasteiger partial charge in [0.2, 0.25) is 5.91 Å². The zero-order valence-electron chi connectivity index (χ0n) is 11.8. The minimum atomic E-state index is -0.274. The van der Waals surface area contributed by atoms with Crippen molar-refractivity contribution in [3.63, 3.8) is 0 Å². The number of hydrogen-bond donors (Lipinski definition) is 1. The molecule has 0 spiro atoms. The predicted octanol–water partition coefficient (Wildman–Crippen LogP) is 3.56. The fourth-order valence-electron chi connectivity index (χ4n) is 2.99. The van der Waals surface area contributed by atoms with Gasteiger partial charge in [0, 0.05) is 18.5 Å². The number of benzene rings is 2. The van der Waals surface area contributed by atoms with E-state index in [0.29, 0.717) is 17.9 Å². The van der Waals surface area contributed by atoms with Crippen molar-refractivity contribution in [3.05, 3.63) is 71.0 Å². The van der Waals surface area contributed by atoms with Crippen LogP contribution in [0.1, 0.15) is 35.4 Å². The van der Waals surface area contributed by atoms with Gasteiger partial charge >= 0.3 is 0 Å².